The third kappa shape index (κ3) is 4.03. The first-order valence-corrected chi connectivity index (χ1v) is 9.35. The summed E-state index contributed by atoms with van der Waals surface area (Å²) in [5.74, 6) is 0.881. The number of likely N-dealkylation sites (tertiary alicyclic amines) is 1. The van der Waals surface area contributed by atoms with Crippen LogP contribution in [0.3, 0.4) is 0 Å². The second-order valence-electron chi connectivity index (χ2n) is 5.83. The molecule has 1 atom stereocenters. The predicted molar refractivity (Wildman–Crippen MR) is 96.2 cm³/mol. The van der Waals surface area contributed by atoms with Gasteiger partial charge in [-0.15, -0.1) is 11.3 Å². The summed E-state index contributed by atoms with van der Waals surface area (Å²) >= 11 is 1.65. The number of guanidine groups is 1. The maximum Gasteiger partial charge on any atom is 0.193 e. The van der Waals surface area contributed by atoms with E-state index in [1.807, 2.05) is 16.0 Å². The number of hydrogen-bond acceptors (Lipinski definition) is 4. The number of aliphatic imine (C=N–C) groups is 1. The van der Waals surface area contributed by atoms with Gasteiger partial charge in [0, 0.05) is 36.9 Å². The monoisotopic (exact) mass is 334 g/mol. The smallest absolute Gasteiger partial charge is 0.193 e. The van der Waals surface area contributed by atoms with Gasteiger partial charge in [0.15, 0.2) is 10.9 Å². The van der Waals surface area contributed by atoms with Gasteiger partial charge in [-0.3, -0.25) is 9.30 Å². The van der Waals surface area contributed by atoms with Crippen LogP contribution in [0.25, 0.3) is 4.96 Å². The molecule has 0 aliphatic carbocycles. The Morgan fingerprint density at radius 3 is 3.13 bits per heavy atom. The molecule has 1 aliphatic rings. The van der Waals surface area contributed by atoms with Crippen LogP contribution in [0, 0.1) is 0 Å². The number of fused-ring (bicyclic) bond motifs is 1. The second-order valence-corrected chi connectivity index (χ2v) is 6.70. The quantitative estimate of drug-likeness (QED) is 0.626. The molecule has 0 radical (unpaired) electrons. The van der Waals surface area contributed by atoms with E-state index in [0.29, 0.717) is 12.6 Å². The minimum Gasteiger partial charge on any atom is -0.357 e. The molecule has 23 heavy (non-hydrogen) atoms. The third-order valence-electron chi connectivity index (χ3n) is 4.30. The van der Waals surface area contributed by atoms with Crippen LogP contribution in [-0.2, 0) is 6.54 Å². The van der Waals surface area contributed by atoms with Crippen molar-refractivity contribution >= 4 is 22.3 Å². The molecule has 0 amide bonds. The Hall–Kier alpha value is -1.60. The van der Waals surface area contributed by atoms with Gasteiger partial charge >= 0.3 is 0 Å². The lowest BCUT2D eigenvalue weighted by Gasteiger charge is -2.23. The molecule has 3 rings (SSSR count). The lowest BCUT2D eigenvalue weighted by atomic mass is 10.2. The number of hydrogen-bond donors (Lipinski definition) is 2. The lowest BCUT2D eigenvalue weighted by Crippen LogP contribution is -2.44. The summed E-state index contributed by atoms with van der Waals surface area (Å²) in [5.41, 5.74) is 1.00. The summed E-state index contributed by atoms with van der Waals surface area (Å²) < 4.78 is 2.05. The van der Waals surface area contributed by atoms with E-state index < -0.39 is 0 Å². The van der Waals surface area contributed by atoms with Crippen molar-refractivity contribution in [2.24, 2.45) is 4.99 Å². The fourth-order valence-electron chi connectivity index (χ4n) is 3.11. The number of likely N-dealkylation sites (N-methyl/N-ethyl adjacent to an activating group) is 1. The van der Waals surface area contributed by atoms with E-state index in [1.165, 1.54) is 19.4 Å². The maximum atomic E-state index is 4.68. The third-order valence-corrected chi connectivity index (χ3v) is 5.07. The average Bonchev–Trinajstić information content (AvgIpc) is 3.24. The first-order chi connectivity index (χ1) is 11.3. The Bertz CT molecular complexity index is 617. The van der Waals surface area contributed by atoms with Crippen molar-refractivity contribution in [3.05, 3.63) is 23.5 Å². The molecule has 2 aromatic heterocycles. The van der Waals surface area contributed by atoms with Gasteiger partial charge < -0.3 is 10.6 Å². The standard InChI is InChI=1S/C16H26N6S/c1-3-17-15(19-11-14-6-5-7-21(14)4-2)18-10-13-12-22-8-9-23-16(22)20-13/h8-9,12,14H,3-7,10-11H2,1-2H3,(H2,17,18,19). The van der Waals surface area contributed by atoms with Crippen LogP contribution in [-0.4, -0.2) is 52.5 Å². The zero-order valence-electron chi connectivity index (χ0n) is 14.0. The molecular formula is C16H26N6S. The van der Waals surface area contributed by atoms with Crippen molar-refractivity contribution in [3.63, 3.8) is 0 Å². The van der Waals surface area contributed by atoms with Crippen LogP contribution in [0.5, 0.6) is 0 Å². The van der Waals surface area contributed by atoms with E-state index >= 15 is 0 Å². The zero-order chi connectivity index (χ0) is 16.1. The molecule has 1 fully saturated rings. The highest BCUT2D eigenvalue weighted by Crippen LogP contribution is 2.15. The number of rotatable bonds is 6. The van der Waals surface area contributed by atoms with Gasteiger partial charge in [-0.05, 0) is 32.9 Å². The average molecular weight is 334 g/mol. The molecule has 1 saturated heterocycles. The number of aromatic nitrogens is 2. The van der Waals surface area contributed by atoms with E-state index in [-0.39, 0.29) is 0 Å². The number of nitrogens with zero attached hydrogens (tertiary/aromatic N) is 4. The molecule has 0 bridgehead atoms. The highest BCUT2D eigenvalue weighted by molar-refractivity contribution is 7.15. The highest BCUT2D eigenvalue weighted by atomic mass is 32.1. The van der Waals surface area contributed by atoms with E-state index in [2.05, 4.69) is 45.6 Å². The fraction of sp³-hybridized carbons (Fsp3) is 0.625. The van der Waals surface area contributed by atoms with Gasteiger partial charge in [0.05, 0.1) is 12.2 Å². The Balaban J connectivity index is 1.57. The van der Waals surface area contributed by atoms with Crippen LogP contribution in [0.4, 0.5) is 0 Å². The molecule has 0 spiro atoms. The summed E-state index contributed by atoms with van der Waals surface area (Å²) in [6, 6.07) is 0.627. The van der Waals surface area contributed by atoms with Crippen molar-refractivity contribution in [1.29, 1.82) is 0 Å². The van der Waals surface area contributed by atoms with Crippen LogP contribution < -0.4 is 10.6 Å². The summed E-state index contributed by atoms with van der Waals surface area (Å²) in [6.07, 6.45) is 6.66. The maximum absolute atomic E-state index is 4.68. The number of thiazole rings is 1. The minimum atomic E-state index is 0.603. The molecule has 2 N–H and O–H groups in total. The van der Waals surface area contributed by atoms with Crippen LogP contribution in [0.1, 0.15) is 32.4 Å². The van der Waals surface area contributed by atoms with Gasteiger partial charge in [0.25, 0.3) is 0 Å². The summed E-state index contributed by atoms with van der Waals surface area (Å²) in [7, 11) is 0. The number of imidazole rings is 1. The highest BCUT2D eigenvalue weighted by Gasteiger charge is 2.22. The molecule has 6 nitrogen and oxygen atoms in total. The van der Waals surface area contributed by atoms with E-state index in [9.17, 15) is 0 Å². The molecule has 2 aromatic rings. The Kier molecular flexibility index (Phi) is 5.51. The van der Waals surface area contributed by atoms with Crippen molar-refractivity contribution < 1.29 is 0 Å². The zero-order valence-corrected chi connectivity index (χ0v) is 14.8. The van der Waals surface area contributed by atoms with Crippen LogP contribution in [0.15, 0.2) is 22.8 Å². The molecule has 126 valence electrons. The van der Waals surface area contributed by atoms with E-state index in [1.54, 1.807) is 11.3 Å². The molecular weight excluding hydrogens is 308 g/mol. The van der Waals surface area contributed by atoms with Crippen molar-refractivity contribution in [2.45, 2.75) is 39.3 Å². The molecule has 0 saturated carbocycles. The Morgan fingerprint density at radius 1 is 1.43 bits per heavy atom. The first-order valence-electron chi connectivity index (χ1n) is 8.47. The van der Waals surface area contributed by atoms with Gasteiger partial charge in [0.2, 0.25) is 0 Å². The van der Waals surface area contributed by atoms with Crippen molar-refractivity contribution in [3.8, 4) is 0 Å². The minimum absolute atomic E-state index is 0.603. The molecule has 1 unspecified atom stereocenters. The Morgan fingerprint density at radius 2 is 2.35 bits per heavy atom. The normalized spacial score (nSPS) is 19.6. The van der Waals surface area contributed by atoms with E-state index in [0.717, 1.165) is 36.2 Å². The number of nitrogens with one attached hydrogen (secondary N) is 2. The fourth-order valence-corrected chi connectivity index (χ4v) is 3.83. The molecule has 3 heterocycles. The summed E-state index contributed by atoms with van der Waals surface area (Å²) in [6.45, 7) is 9.11. The van der Waals surface area contributed by atoms with Crippen LogP contribution >= 0.6 is 11.3 Å². The largest absolute Gasteiger partial charge is 0.357 e. The molecule has 1 aliphatic heterocycles. The van der Waals surface area contributed by atoms with Gasteiger partial charge in [-0.2, -0.15) is 0 Å². The first kappa shape index (κ1) is 16.3. The molecule has 0 aromatic carbocycles. The lowest BCUT2D eigenvalue weighted by molar-refractivity contribution is 0.267. The second kappa shape index (κ2) is 7.79. The van der Waals surface area contributed by atoms with Crippen LogP contribution in [0.2, 0.25) is 0 Å². The topological polar surface area (TPSA) is 57.0 Å². The van der Waals surface area contributed by atoms with Crippen molar-refractivity contribution in [2.75, 3.05) is 26.2 Å². The summed E-state index contributed by atoms with van der Waals surface area (Å²) in [5, 5.41) is 8.86. The SMILES string of the molecule is CCNC(=NCc1cn2ccsc2n1)NCC1CCCN1CC. The molecule has 7 heteroatoms. The summed E-state index contributed by atoms with van der Waals surface area (Å²) in [4.78, 5) is 12.8. The van der Waals surface area contributed by atoms with Crippen molar-refractivity contribution in [1.82, 2.24) is 24.9 Å². The Labute approximate surface area is 141 Å². The van der Waals surface area contributed by atoms with Gasteiger partial charge in [-0.1, -0.05) is 6.92 Å². The van der Waals surface area contributed by atoms with Gasteiger partial charge in [0.1, 0.15) is 0 Å². The predicted octanol–water partition coefficient (Wildman–Crippen LogP) is 1.94. The van der Waals surface area contributed by atoms with E-state index in [4.69, 9.17) is 0 Å². The van der Waals surface area contributed by atoms with Gasteiger partial charge in [-0.25, -0.2) is 9.98 Å².